The number of hydrogen-bond donors (Lipinski definition) is 3. The molecule has 5 rings (SSSR count). The van der Waals surface area contributed by atoms with Crippen molar-refractivity contribution in [3.8, 4) is 28.4 Å². The number of hydrogen-bond acceptors (Lipinski definition) is 6. The summed E-state index contributed by atoms with van der Waals surface area (Å²) in [4.78, 5) is 11.3. The second kappa shape index (κ2) is 8.01. The summed E-state index contributed by atoms with van der Waals surface area (Å²) in [7, 11) is 0. The van der Waals surface area contributed by atoms with Gasteiger partial charge in [0, 0.05) is 17.0 Å². The smallest absolute Gasteiger partial charge is 0.335 e. The molecule has 162 valence electrons. The van der Waals surface area contributed by atoms with Crippen molar-refractivity contribution in [2.24, 2.45) is 10.2 Å². The van der Waals surface area contributed by atoms with Gasteiger partial charge in [-0.3, -0.25) is 4.57 Å². The van der Waals surface area contributed by atoms with Gasteiger partial charge in [-0.15, -0.1) is 10.2 Å². The van der Waals surface area contributed by atoms with E-state index >= 15 is 0 Å². The number of fused-ring (bicyclic) bond motifs is 1. The Labute approximate surface area is 187 Å². The Morgan fingerprint density at radius 3 is 2.52 bits per heavy atom. The minimum atomic E-state index is -1.06. The molecule has 3 aromatic carbocycles. The van der Waals surface area contributed by atoms with E-state index in [1.165, 1.54) is 24.7 Å². The maximum Gasteiger partial charge on any atom is 0.335 e. The topological polar surface area (TPSA) is 121 Å². The molecule has 8 nitrogen and oxygen atoms in total. The van der Waals surface area contributed by atoms with Crippen LogP contribution in [-0.4, -0.2) is 25.9 Å². The number of para-hydroxylation sites is 2. The van der Waals surface area contributed by atoms with Gasteiger partial charge in [0.15, 0.2) is 11.4 Å². The van der Waals surface area contributed by atoms with Gasteiger partial charge in [0.05, 0.1) is 23.0 Å². The predicted octanol–water partition coefficient (Wildman–Crippen LogP) is 6.42. The standard InChI is InChI=1S/C25H17N3O5/c29-23-18(15-5-3-6-16(13-15)25(31)32)8-4-9-20(23)26-27-22-19-7-1-2-10-21(19)28(24(22)30)17-11-12-33-14-17/h1-14,29-30H,(H,31,32). The van der Waals surface area contributed by atoms with Crippen molar-refractivity contribution < 1.29 is 24.5 Å². The lowest BCUT2D eigenvalue weighted by Gasteiger charge is -2.07. The zero-order valence-electron chi connectivity index (χ0n) is 17.1. The molecule has 0 aliphatic heterocycles. The van der Waals surface area contributed by atoms with Crippen LogP contribution in [0.1, 0.15) is 10.4 Å². The van der Waals surface area contributed by atoms with Gasteiger partial charge >= 0.3 is 5.97 Å². The Kier molecular flexibility index (Phi) is 4.87. The zero-order chi connectivity index (χ0) is 22.9. The van der Waals surface area contributed by atoms with Crippen LogP contribution in [-0.2, 0) is 0 Å². The van der Waals surface area contributed by atoms with Gasteiger partial charge in [-0.25, -0.2) is 4.79 Å². The normalized spacial score (nSPS) is 11.4. The van der Waals surface area contributed by atoms with E-state index in [9.17, 15) is 20.1 Å². The molecule has 0 radical (unpaired) electrons. The van der Waals surface area contributed by atoms with E-state index in [2.05, 4.69) is 10.2 Å². The number of phenols is 1. The monoisotopic (exact) mass is 439 g/mol. The molecule has 0 aliphatic carbocycles. The summed E-state index contributed by atoms with van der Waals surface area (Å²) in [6.45, 7) is 0. The van der Waals surface area contributed by atoms with E-state index in [-0.39, 0.29) is 28.6 Å². The van der Waals surface area contributed by atoms with Gasteiger partial charge in [-0.05, 0) is 29.8 Å². The number of azo groups is 1. The highest BCUT2D eigenvalue weighted by molar-refractivity contribution is 5.96. The third-order valence-electron chi connectivity index (χ3n) is 5.28. The summed E-state index contributed by atoms with van der Waals surface area (Å²) in [5.74, 6) is -1.33. The molecule has 0 spiro atoms. The van der Waals surface area contributed by atoms with Crippen molar-refractivity contribution in [3.05, 3.63) is 90.9 Å². The molecule has 0 saturated carbocycles. The molecule has 0 fully saturated rings. The Balaban J connectivity index is 1.59. The van der Waals surface area contributed by atoms with Crippen LogP contribution in [0.15, 0.2) is 100.0 Å². The number of aromatic nitrogens is 1. The van der Waals surface area contributed by atoms with Crippen LogP contribution in [0, 0.1) is 0 Å². The molecule has 33 heavy (non-hydrogen) atoms. The number of aromatic carboxylic acids is 1. The number of benzene rings is 3. The zero-order valence-corrected chi connectivity index (χ0v) is 17.1. The molecule has 0 amide bonds. The van der Waals surface area contributed by atoms with Crippen LogP contribution in [0.5, 0.6) is 11.6 Å². The first kappa shape index (κ1) is 20.1. The van der Waals surface area contributed by atoms with Gasteiger partial charge in [0.2, 0.25) is 5.88 Å². The molecular weight excluding hydrogens is 422 g/mol. The van der Waals surface area contributed by atoms with Crippen LogP contribution in [0.2, 0.25) is 0 Å². The Hall–Kier alpha value is -4.85. The summed E-state index contributed by atoms with van der Waals surface area (Å²) in [6.07, 6.45) is 3.02. The third-order valence-corrected chi connectivity index (χ3v) is 5.28. The fourth-order valence-corrected chi connectivity index (χ4v) is 3.72. The van der Waals surface area contributed by atoms with E-state index in [1.807, 2.05) is 24.3 Å². The maximum absolute atomic E-state index is 11.3. The molecule has 2 heterocycles. The molecular formula is C25H17N3O5. The fraction of sp³-hybridized carbons (Fsp3) is 0. The highest BCUT2D eigenvalue weighted by Gasteiger charge is 2.19. The lowest BCUT2D eigenvalue weighted by atomic mass is 10.0. The molecule has 8 heteroatoms. The molecule has 3 N–H and O–H groups in total. The molecule has 0 saturated heterocycles. The van der Waals surface area contributed by atoms with Crippen molar-refractivity contribution in [1.29, 1.82) is 0 Å². The van der Waals surface area contributed by atoms with E-state index in [0.29, 0.717) is 27.7 Å². The number of furan rings is 1. The number of carboxylic acids is 1. The molecule has 0 bridgehead atoms. The number of rotatable bonds is 5. The summed E-state index contributed by atoms with van der Waals surface area (Å²) in [5.41, 5.74) is 2.82. The summed E-state index contributed by atoms with van der Waals surface area (Å²) in [5, 5.41) is 40.1. The van der Waals surface area contributed by atoms with Gasteiger partial charge in [-0.2, -0.15) is 0 Å². The number of aromatic hydroxyl groups is 2. The first-order valence-corrected chi connectivity index (χ1v) is 9.97. The van der Waals surface area contributed by atoms with Crippen LogP contribution in [0.3, 0.4) is 0 Å². The van der Waals surface area contributed by atoms with Crippen molar-refractivity contribution in [1.82, 2.24) is 4.57 Å². The van der Waals surface area contributed by atoms with Crippen LogP contribution < -0.4 is 0 Å². The van der Waals surface area contributed by atoms with Crippen LogP contribution in [0.25, 0.3) is 27.7 Å². The molecule has 5 aromatic rings. The molecule has 0 aliphatic rings. The molecule has 0 unspecified atom stereocenters. The average molecular weight is 439 g/mol. The maximum atomic E-state index is 11.3. The summed E-state index contributed by atoms with van der Waals surface area (Å²) in [6, 6.07) is 20.2. The number of carboxylic acid groups (broad SMARTS) is 1. The SMILES string of the molecule is O=C(O)c1cccc(-c2cccc(N=Nc3c(O)n(-c4ccoc4)c4ccccc34)c2O)c1. The van der Waals surface area contributed by atoms with Gasteiger partial charge in [0.1, 0.15) is 12.0 Å². The quantitative estimate of drug-likeness (QED) is 0.273. The Bertz CT molecular complexity index is 1520. The van der Waals surface area contributed by atoms with Crippen molar-refractivity contribution in [3.63, 3.8) is 0 Å². The Morgan fingerprint density at radius 2 is 1.73 bits per heavy atom. The average Bonchev–Trinajstić information content (AvgIpc) is 3.44. The van der Waals surface area contributed by atoms with E-state index in [1.54, 1.807) is 41.0 Å². The minimum Gasteiger partial charge on any atom is -0.505 e. The van der Waals surface area contributed by atoms with Gasteiger partial charge < -0.3 is 19.7 Å². The highest BCUT2D eigenvalue weighted by atomic mass is 16.4. The summed E-state index contributed by atoms with van der Waals surface area (Å²) >= 11 is 0. The van der Waals surface area contributed by atoms with E-state index < -0.39 is 5.97 Å². The lowest BCUT2D eigenvalue weighted by molar-refractivity contribution is 0.0697. The number of phenolic OH excluding ortho intramolecular Hbond substituents is 1. The second-order valence-electron chi connectivity index (χ2n) is 7.27. The van der Waals surface area contributed by atoms with Crippen molar-refractivity contribution >= 4 is 28.2 Å². The predicted molar refractivity (Wildman–Crippen MR) is 122 cm³/mol. The second-order valence-corrected chi connectivity index (χ2v) is 7.27. The van der Waals surface area contributed by atoms with Crippen molar-refractivity contribution in [2.75, 3.05) is 0 Å². The summed E-state index contributed by atoms with van der Waals surface area (Å²) < 4.78 is 6.75. The molecule has 0 atom stereocenters. The van der Waals surface area contributed by atoms with E-state index in [0.717, 1.165) is 0 Å². The largest absolute Gasteiger partial charge is 0.505 e. The fourth-order valence-electron chi connectivity index (χ4n) is 3.72. The van der Waals surface area contributed by atoms with Crippen molar-refractivity contribution in [2.45, 2.75) is 0 Å². The first-order valence-electron chi connectivity index (χ1n) is 9.97. The molecule has 2 aromatic heterocycles. The van der Waals surface area contributed by atoms with Crippen LogP contribution >= 0.6 is 0 Å². The highest BCUT2D eigenvalue weighted by Crippen LogP contribution is 2.43. The number of carbonyl (C=O) groups is 1. The number of nitrogens with zero attached hydrogens (tertiary/aromatic N) is 3. The lowest BCUT2D eigenvalue weighted by Crippen LogP contribution is -1.95. The van der Waals surface area contributed by atoms with Gasteiger partial charge in [-0.1, -0.05) is 42.5 Å². The minimum absolute atomic E-state index is 0.107. The Morgan fingerprint density at radius 1 is 0.909 bits per heavy atom. The van der Waals surface area contributed by atoms with Gasteiger partial charge in [0.25, 0.3) is 0 Å². The first-order chi connectivity index (χ1) is 16.0. The van der Waals surface area contributed by atoms with Crippen LogP contribution in [0.4, 0.5) is 11.4 Å². The van der Waals surface area contributed by atoms with E-state index in [4.69, 9.17) is 4.42 Å². The third kappa shape index (κ3) is 3.49.